The van der Waals surface area contributed by atoms with Gasteiger partial charge in [-0.2, -0.15) is 0 Å². The molecule has 3 aromatic carbocycles. The quantitative estimate of drug-likeness (QED) is 0.480. The summed E-state index contributed by atoms with van der Waals surface area (Å²) in [5, 5.41) is 23.6. The van der Waals surface area contributed by atoms with Gasteiger partial charge in [0.05, 0.1) is 16.6 Å². The van der Waals surface area contributed by atoms with E-state index in [1.165, 1.54) is 24.3 Å². The van der Waals surface area contributed by atoms with Crippen LogP contribution in [-0.4, -0.2) is 22.5 Å². The van der Waals surface area contributed by atoms with Crippen molar-refractivity contribution in [2.45, 2.75) is 6.10 Å². The molecule has 1 atom stereocenters. The molecular formula is C21H18N2O5. The van der Waals surface area contributed by atoms with Gasteiger partial charge in [-0.05, 0) is 42.0 Å². The fourth-order valence-corrected chi connectivity index (χ4v) is 2.58. The van der Waals surface area contributed by atoms with Gasteiger partial charge in [0.25, 0.3) is 11.6 Å². The first kappa shape index (κ1) is 19.1. The van der Waals surface area contributed by atoms with Gasteiger partial charge in [-0.25, -0.2) is 0 Å². The summed E-state index contributed by atoms with van der Waals surface area (Å²) in [5.41, 5.74) is 0.744. The molecule has 0 aromatic heterocycles. The molecule has 0 saturated heterocycles. The van der Waals surface area contributed by atoms with Crippen LogP contribution in [0.2, 0.25) is 0 Å². The molecule has 3 aromatic rings. The standard InChI is InChI=1S/C21H18N2O5/c24-19(15-10-12-16(13-11-15)23(26)27)14-22-21(25)18-8-4-5-9-20(18)28-17-6-2-1-3-7-17/h1-13,19,24H,14H2,(H,22,25). The summed E-state index contributed by atoms with van der Waals surface area (Å²) in [6.45, 7) is -0.0453. The van der Waals surface area contributed by atoms with E-state index in [1.807, 2.05) is 18.2 Å². The van der Waals surface area contributed by atoms with Crippen molar-refractivity contribution in [1.29, 1.82) is 0 Å². The van der Waals surface area contributed by atoms with E-state index in [9.17, 15) is 20.0 Å². The number of carbonyl (C=O) groups excluding carboxylic acids is 1. The number of carbonyl (C=O) groups is 1. The van der Waals surface area contributed by atoms with Crippen molar-refractivity contribution in [1.82, 2.24) is 5.32 Å². The van der Waals surface area contributed by atoms with Gasteiger partial charge in [0.15, 0.2) is 0 Å². The minimum atomic E-state index is -0.994. The first-order valence-electron chi connectivity index (χ1n) is 8.57. The van der Waals surface area contributed by atoms with Gasteiger partial charge >= 0.3 is 0 Å². The molecule has 7 nitrogen and oxygen atoms in total. The number of para-hydroxylation sites is 2. The highest BCUT2D eigenvalue weighted by molar-refractivity contribution is 5.97. The van der Waals surface area contributed by atoms with Gasteiger partial charge in [0, 0.05) is 18.7 Å². The van der Waals surface area contributed by atoms with E-state index in [0.717, 1.165) is 0 Å². The van der Waals surface area contributed by atoms with Crippen LogP contribution in [0.1, 0.15) is 22.0 Å². The normalized spacial score (nSPS) is 11.5. The summed E-state index contributed by atoms with van der Waals surface area (Å²) in [5.74, 6) is 0.609. The summed E-state index contributed by atoms with van der Waals surface area (Å²) in [6.07, 6.45) is -0.994. The Labute approximate surface area is 161 Å². The topological polar surface area (TPSA) is 102 Å². The number of ether oxygens (including phenoxy) is 1. The van der Waals surface area contributed by atoms with Gasteiger partial charge in [0.1, 0.15) is 11.5 Å². The van der Waals surface area contributed by atoms with Crippen molar-refractivity contribution in [3.63, 3.8) is 0 Å². The summed E-state index contributed by atoms with van der Waals surface area (Å²) in [6, 6.07) is 21.4. The molecule has 1 amide bonds. The first-order valence-corrected chi connectivity index (χ1v) is 8.57. The third-order valence-electron chi connectivity index (χ3n) is 4.05. The molecular weight excluding hydrogens is 360 g/mol. The van der Waals surface area contributed by atoms with Crippen molar-refractivity contribution in [3.8, 4) is 11.5 Å². The Bertz CT molecular complexity index is 958. The zero-order valence-corrected chi connectivity index (χ0v) is 14.8. The molecule has 1 unspecified atom stereocenters. The second-order valence-corrected chi connectivity index (χ2v) is 5.99. The van der Waals surface area contributed by atoms with Crippen LogP contribution in [0.3, 0.4) is 0 Å². The number of non-ortho nitro benzene ring substituents is 1. The largest absolute Gasteiger partial charge is 0.457 e. The molecule has 0 fully saturated rings. The summed E-state index contributed by atoms with van der Waals surface area (Å²) < 4.78 is 5.77. The van der Waals surface area contributed by atoms with Crippen LogP contribution in [0.15, 0.2) is 78.9 Å². The Kier molecular flexibility index (Phi) is 5.98. The predicted octanol–water partition coefficient (Wildman–Crippen LogP) is 3.85. The lowest BCUT2D eigenvalue weighted by Crippen LogP contribution is -2.28. The number of nitro groups is 1. The van der Waals surface area contributed by atoms with E-state index in [2.05, 4.69) is 5.32 Å². The van der Waals surface area contributed by atoms with E-state index < -0.39 is 16.9 Å². The molecule has 0 radical (unpaired) electrons. The highest BCUT2D eigenvalue weighted by atomic mass is 16.6. The third-order valence-corrected chi connectivity index (χ3v) is 4.05. The monoisotopic (exact) mass is 378 g/mol. The molecule has 0 heterocycles. The van der Waals surface area contributed by atoms with Gasteiger partial charge in [-0.15, -0.1) is 0 Å². The van der Waals surface area contributed by atoms with E-state index in [-0.39, 0.29) is 12.2 Å². The number of hydrogen-bond acceptors (Lipinski definition) is 5. The Morgan fingerprint density at radius 3 is 2.32 bits per heavy atom. The number of rotatable bonds is 7. The maximum Gasteiger partial charge on any atom is 0.269 e. The maximum absolute atomic E-state index is 12.5. The Hall–Kier alpha value is -3.71. The molecule has 0 spiro atoms. The number of benzene rings is 3. The van der Waals surface area contributed by atoms with Crippen LogP contribution in [-0.2, 0) is 0 Å². The lowest BCUT2D eigenvalue weighted by Gasteiger charge is -2.14. The zero-order chi connectivity index (χ0) is 19.9. The lowest BCUT2D eigenvalue weighted by atomic mass is 10.1. The number of nitro benzene ring substituents is 1. The number of amides is 1. The number of nitrogens with one attached hydrogen (secondary N) is 1. The fourth-order valence-electron chi connectivity index (χ4n) is 2.58. The molecule has 0 aliphatic rings. The fraction of sp³-hybridized carbons (Fsp3) is 0.0952. The number of nitrogens with zero attached hydrogens (tertiary/aromatic N) is 1. The molecule has 0 aliphatic heterocycles. The molecule has 7 heteroatoms. The Morgan fingerprint density at radius 1 is 1.00 bits per heavy atom. The van der Waals surface area contributed by atoms with Crippen LogP contribution in [0.5, 0.6) is 11.5 Å². The van der Waals surface area contributed by atoms with Crippen LogP contribution >= 0.6 is 0 Å². The number of aliphatic hydroxyl groups is 1. The second-order valence-electron chi connectivity index (χ2n) is 5.99. The molecule has 142 valence electrons. The van der Waals surface area contributed by atoms with Gasteiger partial charge in [0.2, 0.25) is 0 Å². The summed E-state index contributed by atoms with van der Waals surface area (Å²) in [4.78, 5) is 22.7. The van der Waals surface area contributed by atoms with E-state index in [1.54, 1.807) is 36.4 Å². The van der Waals surface area contributed by atoms with Gasteiger partial charge < -0.3 is 15.2 Å². The molecule has 2 N–H and O–H groups in total. The van der Waals surface area contributed by atoms with Crippen LogP contribution in [0.25, 0.3) is 0 Å². The van der Waals surface area contributed by atoms with Crippen molar-refractivity contribution >= 4 is 11.6 Å². The maximum atomic E-state index is 12.5. The summed E-state index contributed by atoms with van der Waals surface area (Å²) >= 11 is 0. The summed E-state index contributed by atoms with van der Waals surface area (Å²) in [7, 11) is 0. The number of hydrogen-bond donors (Lipinski definition) is 2. The minimum Gasteiger partial charge on any atom is -0.457 e. The average Bonchev–Trinajstić information content (AvgIpc) is 2.73. The van der Waals surface area contributed by atoms with Crippen LogP contribution < -0.4 is 10.1 Å². The van der Waals surface area contributed by atoms with E-state index in [0.29, 0.717) is 22.6 Å². The predicted molar refractivity (Wildman–Crippen MR) is 103 cm³/mol. The minimum absolute atomic E-state index is 0.0453. The van der Waals surface area contributed by atoms with Crippen LogP contribution in [0.4, 0.5) is 5.69 Å². The number of aliphatic hydroxyl groups excluding tert-OH is 1. The van der Waals surface area contributed by atoms with Crippen LogP contribution in [0, 0.1) is 10.1 Å². The molecule has 0 saturated carbocycles. The third kappa shape index (κ3) is 4.72. The Morgan fingerprint density at radius 2 is 1.64 bits per heavy atom. The second kappa shape index (κ2) is 8.79. The van der Waals surface area contributed by atoms with Crippen molar-refractivity contribution < 1.29 is 19.6 Å². The zero-order valence-electron chi connectivity index (χ0n) is 14.8. The lowest BCUT2D eigenvalue weighted by molar-refractivity contribution is -0.384. The molecule has 0 bridgehead atoms. The van der Waals surface area contributed by atoms with E-state index in [4.69, 9.17) is 4.74 Å². The first-order chi connectivity index (χ1) is 13.5. The van der Waals surface area contributed by atoms with Gasteiger partial charge in [-0.3, -0.25) is 14.9 Å². The SMILES string of the molecule is O=C(NCC(O)c1ccc([N+](=O)[O-])cc1)c1ccccc1Oc1ccccc1. The molecule has 3 rings (SSSR count). The Balaban J connectivity index is 1.65. The van der Waals surface area contributed by atoms with Gasteiger partial charge in [-0.1, -0.05) is 30.3 Å². The highest BCUT2D eigenvalue weighted by Crippen LogP contribution is 2.25. The van der Waals surface area contributed by atoms with Crippen molar-refractivity contribution in [3.05, 3.63) is 100 Å². The molecule has 0 aliphatic carbocycles. The smallest absolute Gasteiger partial charge is 0.269 e. The van der Waals surface area contributed by atoms with E-state index >= 15 is 0 Å². The average molecular weight is 378 g/mol. The molecule has 28 heavy (non-hydrogen) atoms. The van der Waals surface area contributed by atoms with Crippen molar-refractivity contribution in [2.75, 3.05) is 6.54 Å². The highest BCUT2D eigenvalue weighted by Gasteiger charge is 2.16. The van der Waals surface area contributed by atoms with Crippen molar-refractivity contribution in [2.24, 2.45) is 0 Å².